The van der Waals surface area contributed by atoms with Gasteiger partial charge in [-0.1, -0.05) is 41.1 Å². The number of rotatable bonds is 7. The first-order valence-electron chi connectivity index (χ1n) is 10.9. The van der Waals surface area contributed by atoms with Crippen molar-refractivity contribution in [3.63, 3.8) is 0 Å². The van der Waals surface area contributed by atoms with Crippen molar-refractivity contribution < 1.29 is 14.1 Å². The van der Waals surface area contributed by atoms with Gasteiger partial charge in [-0.3, -0.25) is 14.7 Å². The van der Waals surface area contributed by atoms with Crippen LogP contribution in [0.25, 0.3) is 11.3 Å². The van der Waals surface area contributed by atoms with E-state index in [1.165, 1.54) is 5.56 Å². The highest BCUT2D eigenvalue weighted by atomic mass is 16.5. The first kappa shape index (κ1) is 21.2. The molecule has 4 rings (SSSR count). The number of aryl methyl sites for hydroxylation is 1. The molecule has 6 nitrogen and oxygen atoms in total. The van der Waals surface area contributed by atoms with Crippen LogP contribution in [0.15, 0.2) is 59.4 Å². The average Bonchev–Trinajstić information content (AvgIpc) is 3.23. The highest BCUT2D eigenvalue weighted by Gasteiger charge is 2.44. The molecule has 162 valence electrons. The van der Waals surface area contributed by atoms with Crippen molar-refractivity contribution in [3.8, 4) is 11.3 Å². The zero-order valence-electron chi connectivity index (χ0n) is 18.2. The molecule has 1 aromatic carbocycles. The zero-order chi connectivity index (χ0) is 21.7. The lowest BCUT2D eigenvalue weighted by Crippen LogP contribution is -2.49. The summed E-state index contributed by atoms with van der Waals surface area (Å²) in [6.45, 7) is 6.61. The molecule has 0 unspecified atom stereocenters. The van der Waals surface area contributed by atoms with Crippen LogP contribution in [0.4, 0.5) is 0 Å². The first-order valence-corrected chi connectivity index (χ1v) is 10.9. The number of esters is 1. The fraction of sp³-hybridized carbons (Fsp3) is 0.400. The fourth-order valence-corrected chi connectivity index (χ4v) is 4.37. The van der Waals surface area contributed by atoms with Gasteiger partial charge in [-0.05, 0) is 44.9 Å². The fourth-order valence-electron chi connectivity index (χ4n) is 4.37. The molecule has 1 fully saturated rings. The maximum absolute atomic E-state index is 13.1. The van der Waals surface area contributed by atoms with E-state index in [0.29, 0.717) is 25.3 Å². The van der Waals surface area contributed by atoms with Crippen LogP contribution in [0, 0.1) is 12.3 Å². The van der Waals surface area contributed by atoms with E-state index >= 15 is 0 Å². The van der Waals surface area contributed by atoms with E-state index in [4.69, 9.17) is 9.26 Å². The molecule has 1 atom stereocenters. The van der Waals surface area contributed by atoms with Gasteiger partial charge in [-0.2, -0.15) is 0 Å². The van der Waals surface area contributed by atoms with Crippen LogP contribution < -0.4 is 0 Å². The molecule has 0 saturated carbocycles. The minimum absolute atomic E-state index is 0.154. The Bertz CT molecular complexity index is 1000. The zero-order valence-corrected chi connectivity index (χ0v) is 18.2. The van der Waals surface area contributed by atoms with E-state index in [1.807, 2.05) is 37.4 Å². The standard InChI is InChI=1S/C25H29N3O3/c1-3-30-24(29)25(11-5-13-28(18-25)17-20-6-4-12-26-16-20)15-22-14-23(27-31-22)21-9-7-19(2)8-10-21/h4,6-10,12,14,16H,3,5,11,13,15,17-18H2,1-2H3/t25-/m0/s1. The van der Waals surface area contributed by atoms with Gasteiger partial charge < -0.3 is 9.26 Å². The molecule has 3 heterocycles. The summed E-state index contributed by atoms with van der Waals surface area (Å²) >= 11 is 0. The molecule has 1 saturated heterocycles. The number of hydrogen-bond acceptors (Lipinski definition) is 6. The molecule has 1 aliphatic heterocycles. The quantitative estimate of drug-likeness (QED) is 0.528. The van der Waals surface area contributed by atoms with Gasteiger partial charge in [0.15, 0.2) is 0 Å². The maximum Gasteiger partial charge on any atom is 0.313 e. The normalized spacial score (nSPS) is 19.3. The van der Waals surface area contributed by atoms with E-state index < -0.39 is 5.41 Å². The van der Waals surface area contributed by atoms with Gasteiger partial charge in [0.25, 0.3) is 0 Å². The maximum atomic E-state index is 13.1. The summed E-state index contributed by atoms with van der Waals surface area (Å²) in [5.74, 6) is 0.561. The summed E-state index contributed by atoms with van der Waals surface area (Å²) in [5, 5.41) is 4.26. The van der Waals surface area contributed by atoms with Crippen LogP contribution in [-0.2, 0) is 22.5 Å². The van der Waals surface area contributed by atoms with Crippen LogP contribution in [0.5, 0.6) is 0 Å². The van der Waals surface area contributed by atoms with Crippen molar-refractivity contribution in [2.45, 2.75) is 39.7 Å². The Morgan fingerprint density at radius 1 is 1.26 bits per heavy atom. The predicted octanol–water partition coefficient (Wildman–Crippen LogP) is 4.43. The molecular formula is C25H29N3O3. The Morgan fingerprint density at radius 2 is 2.10 bits per heavy atom. The molecule has 6 heteroatoms. The van der Waals surface area contributed by atoms with Crippen molar-refractivity contribution in [1.82, 2.24) is 15.0 Å². The SMILES string of the molecule is CCOC(=O)[C@]1(Cc2cc(-c3ccc(C)cc3)no2)CCCN(Cc2cccnc2)C1. The number of pyridine rings is 1. The lowest BCUT2D eigenvalue weighted by Gasteiger charge is -2.40. The molecule has 0 N–H and O–H groups in total. The van der Waals surface area contributed by atoms with Crippen LogP contribution in [-0.4, -0.2) is 40.7 Å². The van der Waals surface area contributed by atoms with Gasteiger partial charge in [-0.15, -0.1) is 0 Å². The predicted molar refractivity (Wildman–Crippen MR) is 118 cm³/mol. The first-order chi connectivity index (χ1) is 15.1. The Hall–Kier alpha value is -2.99. The Labute approximate surface area is 183 Å². The Morgan fingerprint density at radius 3 is 2.84 bits per heavy atom. The summed E-state index contributed by atoms with van der Waals surface area (Å²) < 4.78 is 11.2. The summed E-state index contributed by atoms with van der Waals surface area (Å²) in [5.41, 5.74) is 3.50. The molecule has 0 spiro atoms. The number of ether oxygens (including phenoxy) is 1. The summed E-state index contributed by atoms with van der Waals surface area (Å²) in [4.78, 5) is 19.6. The third-order valence-corrected chi connectivity index (χ3v) is 5.91. The van der Waals surface area contributed by atoms with Gasteiger partial charge in [-0.25, -0.2) is 0 Å². The van der Waals surface area contributed by atoms with Crippen molar-refractivity contribution in [3.05, 3.63) is 71.7 Å². The van der Waals surface area contributed by atoms with Gasteiger partial charge in [0.2, 0.25) is 0 Å². The number of piperidine rings is 1. The lowest BCUT2D eigenvalue weighted by atomic mass is 9.76. The average molecular weight is 420 g/mol. The molecule has 0 bridgehead atoms. The smallest absolute Gasteiger partial charge is 0.313 e. The monoisotopic (exact) mass is 419 g/mol. The van der Waals surface area contributed by atoms with Gasteiger partial charge in [0.1, 0.15) is 11.5 Å². The molecule has 31 heavy (non-hydrogen) atoms. The van der Waals surface area contributed by atoms with E-state index in [1.54, 1.807) is 6.20 Å². The molecule has 0 aliphatic carbocycles. The Kier molecular flexibility index (Phi) is 6.47. The number of hydrogen-bond donors (Lipinski definition) is 0. The van der Waals surface area contributed by atoms with E-state index in [2.05, 4.69) is 40.2 Å². The number of aromatic nitrogens is 2. The molecule has 3 aromatic rings. The molecule has 1 aliphatic rings. The highest BCUT2D eigenvalue weighted by Crippen LogP contribution is 2.36. The van der Waals surface area contributed by atoms with E-state index in [0.717, 1.165) is 42.8 Å². The number of nitrogens with zero attached hydrogens (tertiary/aromatic N) is 3. The van der Waals surface area contributed by atoms with Gasteiger partial charge >= 0.3 is 5.97 Å². The second-order valence-corrected chi connectivity index (χ2v) is 8.40. The second kappa shape index (κ2) is 9.43. The summed E-state index contributed by atoms with van der Waals surface area (Å²) in [7, 11) is 0. The van der Waals surface area contributed by atoms with Gasteiger partial charge in [0, 0.05) is 43.5 Å². The number of likely N-dealkylation sites (tertiary alicyclic amines) is 1. The Balaban J connectivity index is 1.55. The molecule has 0 amide bonds. The molecular weight excluding hydrogens is 390 g/mol. The van der Waals surface area contributed by atoms with Crippen molar-refractivity contribution >= 4 is 5.97 Å². The number of benzene rings is 1. The van der Waals surface area contributed by atoms with E-state index in [9.17, 15) is 4.79 Å². The minimum Gasteiger partial charge on any atom is -0.466 e. The number of carbonyl (C=O) groups excluding carboxylic acids is 1. The topological polar surface area (TPSA) is 68.5 Å². The minimum atomic E-state index is -0.638. The largest absolute Gasteiger partial charge is 0.466 e. The lowest BCUT2D eigenvalue weighted by molar-refractivity contribution is -0.159. The highest BCUT2D eigenvalue weighted by molar-refractivity contribution is 5.77. The van der Waals surface area contributed by atoms with Gasteiger partial charge in [0.05, 0.1) is 12.0 Å². The van der Waals surface area contributed by atoms with Crippen molar-refractivity contribution in [2.75, 3.05) is 19.7 Å². The third-order valence-electron chi connectivity index (χ3n) is 5.91. The van der Waals surface area contributed by atoms with Crippen LogP contribution in [0.1, 0.15) is 36.7 Å². The summed E-state index contributed by atoms with van der Waals surface area (Å²) in [6.07, 6.45) is 5.84. The van der Waals surface area contributed by atoms with E-state index in [-0.39, 0.29) is 5.97 Å². The van der Waals surface area contributed by atoms with Crippen LogP contribution >= 0.6 is 0 Å². The van der Waals surface area contributed by atoms with Crippen LogP contribution in [0.3, 0.4) is 0 Å². The number of carbonyl (C=O) groups is 1. The second-order valence-electron chi connectivity index (χ2n) is 8.40. The summed E-state index contributed by atoms with van der Waals surface area (Å²) in [6, 6.07) is 14.1. The molecule has 2 aromatic heterocycles. The van der Waals surface area contributed by atoms with Crippen LogP contribution in [0.2, 0.25) is 0 Å². The van der Waals surface area contributed by atoms with Crippen molar-refractivity contribution in [2.24, 2.45) is 5.41 Å². The third kappa shape index (κ3) is 5.02. The van der Waals surface area contributed by atoms with Crippen molar-refractivity contribution in [1.29, 1.82) is 0 Å². The molecule has 0 radical (unpaired) electrons.